The van der Waals surface area contributed by atoms with Crippen LogP contribution in [0.2, 0.25) is 0 Å². The third kappa shape index (κ3) is 5.15. The van der Waals surface area contributed by atoms with E-state index in [0.29, 0.717) is 74.3 Å². The van der Waals surface area contributed by atoms with Crippen molar-refractivity contribution in [3.05, 3.63) is 63.0 Å². The zero-order valence-electron chi connectivity index (χ0n) is 21.3. The average Bonchev–Trinajstić information content (AvgIpc) is 2.85. The number of aromatic nitrogens is 2. The molecule has 2 aliphatic heterocycles. The molecule has 1 aromatic heterocycles. The summed E-state index contributed by atoms with van der Waals surface area (Å²) < 4.78 is 26.2. The molecule has 0 spiro atoms. The van der Waals surface area contributed by atoms with Crippen molar-refractivity contribution >= 4 is 17.6 Å². The Morgan fingerprint density at radius 2 is 1.94 bits per heavy atom. The molecule has 1 aromatic carbocycles. The van der Waals surface area contributed by atoms with E-state index in [0.717, 1.165) is 5.56 Å². The molecule has 1 N–H and O–H groups in total. The normalized spacial score (nSPS) is 18.1. The molecule has 1 fully saturated rings. The van der Waals surface area contributed by atoms with Gasteiger partial charge in [0.1, 0.15) is 17.5 Å². The predicted octanol–water partition coefficient (Wildman–Crippen LogP) is 2.72. The van der Waals surface area contributed by atoms with Crippen LogP contribution in [0, 0.1) is 5.82 Å². The summed E-state index contributed by atoms with van der Waals surface area (Å²) in [7, 11) is 1.58. The fraction of sp³-hybridized carbons (Fsp3) is 0.500. The highest BCUT2D eigenvalue weighted by Crippen LogP contribution is 2.41. The number of hydrogen-bond donors (Lipinski definition) is 1. The molecule has 4 rings (SSSR count). The van der Waals surface area contributed by atoms with Gasteiger partial charge in [0.2, 0.25) is 0 Å². The fourth-order valence-corrected chi connectivity index (χ4v) is 4.96. The lowest BCUT2D eigenvalue weighted by atomic mass is 9.88. The van der Waals surface area contributed by atoms with E-state index in [2.05, 4.69) is 20.1 Å². The van der Waals surface area contributed by atoms with Gasteiger partial charge in [0.25, 0.3) is 0 Å². The van der Waals surface area contributed by atoms with Gasteiger partial charge in [-0.05, 0) is 19.9 Å². The Hall–Kier alpha value is -3.24. The minimum atomic E-state index is -0.379. The van der Waals surface area contributed by atoms with Gasteiger partial charge in [-0.15, -0.1) is 0 Å². The van der Waals surface area contributed by atoms with Crippen LogP contribution in [0.15, 0.2) is 40.3 Å². The minimum absolute atomic E-state index is 0.205. The first kappa shape index (κ1) is 25.8. The van der Waals surface area contributed by atoms with Gasteiger partial charge in [0.15, 0.2) is 0 Å². The second-order valence-electron chi connectivity index (χ2n) is 9.09. The molecule has 1 saturated heterocycles. The van der Waals surface area contributed by atoms with E-state index >= 15 is 0 Å². The van der Waals surface area contributed by atoms with Crippen molar-refractivity contribution in [2.45, 2.75) is 39.8 Å². The van der Waals surface area contributed by atoms with E-state index in [9.17, 15) is 14.0 Å². The lowest BCUT2D eigenvalue weighted by molar-refractivity contribution is -0.138. The number of carbonyl (C=O) groups excluding carboxylic acids is 1. The average molecular weight is 500 g/mol. The Kier molecular flexibility index (Phi) is 8.05. The molecule has 194 valence electrons. The van der Waals surface area contributed by atoms with Crippen molar-refractivity contribution in [3.8, 4) is 0 Å². The van der Waals surface area contributed by atoms with Crippen molar-refractivity contribution in [3.63, 3.8) is 0 Å². The number of methoxy groups -OCH3 is 1. The number of rotatable bonds is 8. The predicted molar refractivity (Wildman–Crippen MR) is 136 cm³/mol. The first-order chi connectivity index (χ1) is 17.3. The lowest BCUT2D eigenvalue weighted by Gasteiger charge is -2.38. The number of nitrogens with one attached hydrogen (secondary N) is 1. The Morgan fingerprint density at radius 1 is 1.22 bits per heavy atom. The van der Waals surface area contributed by atoms with Gasteiger partial charge in [-0.25, -0.2) is 14.0 Å². The quantitative estimate of drug-likeness (QED) is 0.555. The molecule has 2 aromatic rings. The molecular weight excluding hydrogens is 465 g/mol. The van der Waals surface area contributed by atoms with Crippen LogP contribution in [-0.4, -0.2) is 66.9 Å². The van der Waals surface area contributed by atoms with E-state index in [1.807, 2.05) is 19.9 Å². The number of benzene rings is 1. The van der Waals surface area contributed by atoms with Gasteiger partial charge in [0.05, 0.1) is 25.3 Å². The largest absolute Gasteiger partial charge is 0.463 e. The maximum absolute atomic E-state index is 14.1. The van der Waals surface area contributed by atoms with E-state index in [4.69, 9.17) is 9.47 Å². The third-order valence-corrected chi connectivity index (χ3v) is 6.81. The Balaban J connectivity index is 1.65. The van der Waals surface area contributed by atoms with Crippen molar-refractivity contribution in [2.75, 3.05) is 56.7 Å². The summed E-state index contributed by atoms with van der Waals surface area (Å²) in [6, 6.07) is 6.81. The summed E-state index contributed by atoms with van der Waals surface area (Å²) in [6.07, 6.45) is 0. The molecule has 9 nitrogen and oxygen atoms in total. The smallest absolute Gasteiger partial charge is 0.351 e. The summed E-state index contributed by atoms with van der Waals surface area (Å²) in [5.74, 6) is 0.297. The molecule has 2 aliphatic rings. The summed E-state index contributed by atoms with van der Waals surface area (Å²) in [5, 5.41) is 3.29. The Labute approximate surface area is 210 Å². The first-order valence-corrected chi connectivity index (χ1v) is 12.3. The van der Waals surface area contributed by atoms with E-state index in [1.54, 1.807) is 30.7 Å². The number of ether oxygens (including phenoxy) is 2. The molecule has 1 atom stereocenters. The van der Waals surface area contributed by atoms with Crippen LogP contribution in [-0.2, 0) is 27.4 Å². The van der Waals surface area contributed by atoms with Crippen LogP contribution in [0.3, 0.4) is 0 Å². The minimum Gasteiger partial charge on any atom is -0.463 e. The van der Waals surface area contributed by atoms with Crippen LogP contribution in [0.5, 0.6) is 0 Å². The standard InChI is InChI=1S/C26H34FN5O4/c1-5-36-25(33)21-17(2)22-23(29-26(34)32(14-15-35-4)24(22)28-18(21)3)31-12-10-30(11-13-31)16-19-8-6-7-9-20(19)27/h6-9,17,28H,5,10-16H2,1-4H3. The number of halogens is 1. The third-order valence-electron chi connectivity index (χ3n) is 6.81. The number of hydrogen-bond acceptors (Lipinski definition) is 8. The number of nitrogens with zero attached hydrogens (tertiary/aromatic N) is 4. The number of piperazine rings is 1. The van der Waals surface area contributed by atoms with Gasteiger partial charge in [-0.3, -0.25) is 9.47 Å². The monoisotopic (exact) mass is 499 g/mol. The highest BCUT2D eigenvalue weighted by atomic mass is 19.1. The number of carbonyl (C=O) groups is 1. The zero-order chi connectivity index (χ0) is 25.8. The number of anilines is 2. The lowest BCUT2D eigenvalue weighted by Crippen LogP contribution is -2.48. The summed E-state index contributed by atoms with van der Waals surface area (Å²) >= 11 is 0. The first-order valence-electron chi connectivity index (χ1n) is 12.3. The number of fused-ring (bicyclic) bond motifs is 1. The van der Waals surface area contributed by atoms with Crippen molar-refractivity contribution < 1.29 is 18.7 Å². The van der Waals surface area contributed by atoms with Crippen LogP contribution in [0.1, 0.15) is 37.8 Å². The van der Waals surface area contributed by atoms with Crippen LogP contribution in [0.4, 0.5) is 16.0 Å². The van der Waals surface area contributed by atoms with E-state index < -0.39 is 0 Å². The van der Waals surface area contributed by atoms with E-state index in [1.165, 1.54) is 6.07 Å². The highest BCUT2D eigenvalue weighted by molar-refractivity contribution is 5.94. The molecule has 0 amide bonds. The molecular formula is C26H34FN5O4. The van der Waals surface area contributed by atoms with Crippen LogP contribution < -0.4 is 15.9 Å². The van der Waals surface area contributed by atoms with Gasteiger partial charge < -0.3 is 19.7 Å². The fourth-order valence-electron chi connectivity index (χ4n) is 4.96. The zero-order valence-corrected chi connectivity index (χ0v) is 21.3. The topological polar surface area (TPSA) is 88.9 Å². The highest BCUT2D eigenvalue weighted by Gasteiger charge is 2.35. The maximum atomic E-state index is 14.1. The SMILES string of the molecule is CCOC(=O)C1=C(C)Nc2c(c(N3CCN(Cc4ccccc4F)CC3)nc(=O)n2CCOC)C1C. The molecule has 0 bridgehead atoms. The van der Waals surface area contributed by atoms with Crippen LogP contribution in [0.25, 0.3) is 0 Å². The van der Waals surface area contributed by atoms with Gasteiger partial charge in [-0.2, -0.15) is 4.98 Å². The molecule has 36 heavy (non-hydrogen) atoms. The van der Waals surface area contributed by atoms with Crippen molar-refractivity contribution in [1.82, 2.24) is 14.5 Å². The molecule has 0 aliphatic carbocycles. The van der Waals surface area contributed by atoms with Crippen molar-refractivity contribution in [1.29, 1.82) is 0 Å². The summed E-state index contributed by atoms with van der Waals surface area (Å²) in [6.45, 7) is 9.67. The Morgan fingerprint density at radius 3 is 2.61 bits per heavy atom. The molecule has 10 heteroatoms. The van der Waals surface area contributed by atoms with Gasteiger partial charge in [0, 0.05) is 62.6 Å². The summed E-state index contributed by atoms with van der Waals surface area (Å²) in [5.41, 5.74) is 2.27. The van der Waals surface area contributed by atoms with Crippen LogP contribution >= 0.6 is 0 Å². The molecule has 0 radical (unpaired) electrons. The number of esters is 1. The van der Waals surface area contributed by atoms with Gasteiger partial charge >= 0.3 is 11.7 Å². The molecule has 1 unspecified atom stereocenters. The van der Waals surface area contributed by atoms with Gasteiger partial charge in [-0.1, -0.05) is 25.1 Å². The number of allylic oxidation sites excluding steroid dienone is 1. The summed E-state index contributed by atoms with van der Waals surface area (Å²) in [4.78, 5) is 34.7. The Bertz CT molecular complexity index is 1200. The second-order valence-corrected chi connectivity index (χ2v) is 9.09. The van der Waals surface area contributed by atoms with E-state index in [-0.39, 0.29) is 30.0 Å². The van der Waals surface area contributed by atoms with Crippen molar-refractivity contribution in [2.24, 2.45) is 0 Å². The molecule has 3 heterocycles. The second kappa shape index (κ2) is 11.2. The molecule has 0 saturated carbocycles. The maximum Gasteiger partial charge on any atom is 0.351 e.